The second-order valence-electron chi connectivity index (χ2n) is 5.68. The summed E-state index contributed by atoms with van der Waals surface area (Å²) in [5, 5.41) is 7.32. The maximum absolute atomic E-state index is 11.4. The minimum atomic E-state index is 0.0646. The Kier molecular flexibility index (Phi) is 6.96. The van der Waals surface area contributed by atoms with Crippen LogP contribution in [0.25, 0.3) is 0 Å². The lowest BCUT2D eigenvalue weighted by atomic mass is 10.0. The number of nitrogens with zero attached hydrogens (tertiary/aromatic N) is 1. The minimum Gasteiger partial charge on any atom is -0.495 e. The Morgan fingerprint density at radius 1 is 1.35 bits per heavy atom. The van der Waals surface area contributed by atoms with E-state index in [1.54, 1.807) is 20.2 Å². The molecule has 0 atom stereocenters. The Morgan fingerprint density at radius 3 is 2.65 bits per heavy atom. The highest BCUT2D eigenvalue weighted by atomic mass is 35.5. The van der Waals surface area contributed by atoms with Crippen molar-refractivity contribution in [1.82, 2.24) is 15.5 Å². The lowest BCUT2D eigenvalue weighted by Crippen LogP contribution is -2.45. The molecule has 2 rings (SSSR count). The molecule has 1 fully saturated rings. The maximum atomic E-state index is 11.4. The lowest BCUT2D eigenvalue weighted by Gasteiger charge is -2.32. The summed E-state index contributed by atoms with van der Waals surface area (Å²) in [6.07, 6.45) is 2.02. The van der Waals surface area contributed by atoms with E-state index in [2.05, 4.69) is 15.5 Å². The van der Waals surface area contributed by atoms with Crippen molar-refractivity contribution in [2.45, 2.75) is 25.4 Å². The predicted molar refractivity (Wildman–Crippen MR) is 93.4 cm³/mol. The number of likely N-dealkylation sites (N-methyl/N-ethyl adjacent to an activating group) is 1. The van der Waals surface area contributed by atoms with Gasteiger partial charge in [-0.05, 0) is 25.0 Å². The molecule has 0 spiro atoms. The Hall–Kier alpha value is -1.01. The zero-order valence-electron chi connectivity index (χ0n) is 13.5. The largest absolute Gasteiger partial charge is 0.495 e. The average molecular weight is 360 g/mol. The molecule has 0 saturated carbocycles. The molecular formula is C16H23Cl2N3O2. The van der Waals surface area contributed by atoms with Crippen molar-refractivity contribution in [3.05, 3.63) is 27.7 Å². The Balaban J connectivity index is 1.85. The number of carbonyl (C=O) groups is 1. The second kappa shape index (κ2) is 8.73. The fraction of sp³-hybridized carbons (Fsp3) is 0.562. The molecule has 1 saturated heterocycles. The molecule has 0 radical (unpaired) electrons. The highest BCUT2D eigenvalue weighted by Crippen LogP contribution is 2.32. The molecule has 23 heavy (non-hydrogen) atoms. The standard InChI is InChI=1S/C16H23Cl2N3O2/c1-19-15(22)10-21-5-3-13(4-6-21)20-9-11-7-12(17)8-14(18)16(11)23-2/h7-8,13,20H,3-6,9-10H2,1-2H3,(H,19,22). The van der Waals surface area contributed by atoms with E-state index in [0.29, 0.717) is 34.9 Å². The van der Waals surface area contributed by atoms with Crippen molar-refractivity contribution in [2.75, 3.05) is 33.8 Å². The van der Waals surface area contributed by atoms with E-state index in [9.17, 15) is 4.79 Å². The first-order chi connectivity index (χ1) is 11.0. The number of nitrogens with one attached hydrogen (secondary N) is 2. The van der Waals surface area contributed by atoms with Gasteiger partial charge in [0, 0.05) is 43.3 Å². The van der Waals surface area contributed by atoms with Crippen LogP contribution in [0.5, 0.6) is 5.75 Å². The van der Waals surface area contributed by atoms with Crippen LogP contribution in [0.15, 0.2) is 12.1 Å². The van der Waals surface area contributed by atoms with Gasteiger partial charge in [-0.1, -0.05) is 23.2 Å². The number of carbonyl (C=O) groups excluding carboxylic acids is 1. The maximum Gasteiger partial charge on any atom is 0.233 e. The molecular weight excluding hydrogens is 337 g/mol. The molecule has 1 amide bonds. The van der Waals surface area contributed by atoms with Gasteiger partial charge in [-0.25, -0.2) is 0 Å². The predicted octanol–water partition coefficient (Wildman–Crippen LogP) is 2.30. The van der Waals surface area contributed by atoms with E-state index in [-0.39, 0.29) is 5.91 Å². The van der Waals surface area contributed by atoms with E-state index in [1.165, 1.54) is 0 Å². The zero-order valence-corrected chi connectivity index (χ0v) is 15.0. The molecule has 2 N–H and O–H groups in total. The Bertz CT molecular complexity index is 546. The Morgan fingerprint density at radius 2 is 2.04 bits per heavy atom. The van der Waals surface area contributed by atoms with Gasteiger partial charge in [0.05, 0.1) is 18.7 Å². The molecule has 1 aliphatic rings. The third kappa shape index (κ3) is 5.24. The molecule has 1 aromatic rings. The molecule has 0 aromatic heterocycles. The fourth-order valence-electron chi connectivity index (χ4n) is 2.81. The summed E-state index contributed by atoms with van der Waals surface area (Å²) in [4.78, 5) is 13.6. The molecule has 1 aliphatic heterocycles. The average Bonchev–Trinajstić information content (AvgIpc) is 2.53. The minimum absolute atomic E-state index is 0.0646. The number of likely N-dealkylation sites (tertiary alicyclic amines) is 1. The number of hydrogen-bond donors (Lipinski definition) is 2. The summed E-state index contributed by atoms with van der Waals surface area (Å²) in [6, 6.07) is 3.97. The second-order valence-corrected chi connectivity index (χ2v) is 6.53. The third-order valence-electron chi connectivity index (χ3n) is 4.10. The van der Waals surface area contributed by atoms with Crippen molar-refractivity contribution in [3.8, 4) is 5.75 Å². The van der Waals surface area contributed by atoms with Crippen molar-refractivity contribution in [2.24, 2.45) is 0 Å². The number of rotatable bonds is 6. The van der Waals surface area contributed by atoms with Crippen LogP contribution < -0.4 is 15.4 Å². The van der Waals surface area contributed by atoms with Gasteiger partial charge in [0.1, 0.15) is 5.75 Å². The number of methoxy groups -OCH3 is 1. The van der Waals surface area contributed by atoms with Gasteiger partial charge in [0.25, 0.3) is 0 Å². The van der Waals surface area contributed by atoms with Gasteiger partial charge in [-0.3, -0.25) is 9.69 Å². The zero-order chi connectivity index (χ0) is 16.8. The van der Waals surface area contributed by atoms with Crippen LogP contribution in [-0.2, 0) is 11.3 Å². The number of hydrogen-bond acceptors (Lipinski definition) is 4. The lowest BCUT2D eigenvalue weighted by molar-refractivity contribution is -0.122. The van der Waals surface area contributed by atoms with Crippen LogP contribution in [0.2, 0.25) is 10.0 Å². The number of halogens is 2. The third-order valence-corrected chi connectivity index (χ3v) is 4.60. The smallest absolute Gasteiger partial charge is 0.233 e. The van der Waals surface area contributed by atoms with E-state index in [1.807, 2.05) is 6.07 Å². The van der Waals surface area contributed by atoms with Gasteiger partial charge in [-0.2, -0.15) is 0 Å². The Labute approximate surface area is 147 Å². The summed E-state index contributed by atoms with van der Waals surface area (Å²) >= 11 is 12.2. The van der Waals surface area contributed by atoms with Crippen molar-refractivity contribution in [1.29, 1.82) is 0 Å². The van der Waals surface area contributed by atoms with Crippen LogP contribution in [0.4, 0.5) is 0 Å². The van der Waals surface area contributed by atoms with Crippen molar-refractivity contribution < 1.29 is 9.53 Å². The molecule has 0 aliphatic carbocycles. The first-order valence-corrected chi connectivity index (χ1v) is 8.47. The van der Waals surface area contributed by atoms with E-state index in [4.69, 9.17) is 27.9 Å². The van der Waals surface area contributed by atoms with E-state index in [0.717, 1.165) is 31.5 Å². The fourth-order valence-corrected chi connectivity index (χ4v) is 3.42. The van der Waals surface area contributed by atoms with Gasteiger partial charge in [0.15, 0.2) is 0 Å². The first kappa shape index (κ1) is 18.3. The number of benzene rings is 1. The summed E-state index contributed by atoms with van der Waals surface area (Å²) in [5.74, 6) is 0.732. The van der Waals surface area contributed by atoms with Crippen LogP contribution in [0.3, 0.4) is 0 Å². The van der Waals surface area contributed by atoms with Crippen molar-refractivity contribution >= 4 is 29.1 Å². The van der Waals surface area contributed by atoms with Crippen LogP contribution in [-0.4, -0.2) is 50.6 Å². The summed E-state index contributed by atoms with van der Waals surface area (Å²) in [7, 11) is 3.27. The SMILES string of the molecule is CNC(=O)CN1CCC(NCc2cc(Cl)cc(Cl)c2OC)CC1. The number of amides is 1. The number of ether oxygens (including phenoxy) is 1. The molecule has 7 heteroatoms. The van der Waals surface area contributed by atoms with Gasteiger partial charge in [0.2, 0.25) is 5.91 Å². The molecule has 128 valence electrons. The number of piperidine rings is 1. The molecule has 5 nitrogen and oxygen atoms in total. The topological polar surface area (TPSA) is 53.6 Å². The molecule has 0 bridgehead atoms. The van der Waals surface area contributed by atoms with Gasteiger partial charge in [-0.15, -0.1) is 0 Å². The normalized spacial score (nSPS) is 16.3. The van der Waals surface area contributed by atoms with E-state index < -0.39 is 0 Å². The quantitative estimate of drug-likeness (QED) is 0.818. The molecule has 1 aromatic carbocycles. The van der Waals surface area contributed by atoms with Gasteiger partial charge < -0.3 is 15.4 Å². The van der Waals surface area contributed by atoms with Crippen LogP contribution in [0.1, 0.15) is 18.4 Å². The first-order valence-electron chi connectivity index (χ1n) is 7.71. The summed E-state index contributed by atoms with van der Waals surface area (Å²) in [6.45, 7) is 2.96. The monoisotopic (exact) mass is 359 g/mol. The van der Waals surface area contributed by atoms with Gasteiger partial charge >= 0.3 is 0 Å². The van der Waals surface area contributed by atoms with Crippen molar-refractivity contribution in [3.63, 3.8) is 0 Å². The summed E-state index contributed by atoms with van der Waals surface area (Å²) < 4.78 is 5.36. The molecule has 1 heterocycles. The van der Waals surface area contributed by atoms with Crippen LogP contribution in [0, 0.1) is 0 Å². The highest BCUT2D eigenvalue weighted by Gasteiger charge is 2.20. The highest BCUT2D eigenvalue weighted by molar-refractivity contribution is 6.35. The van der Waals surface area contributed by atoms with Crippen LogP contribution >= 0.6 is 23.2 Å². The molecule has 0 unspecified atom stereocenters. The van der Waals surface area contributed by atoms with E-state index >= 15 is 0 Å². The summed E-state index contributed by atoms with van der Waals surface area (Å²) in [5.41, 5.74) is 0.956.